The van der Waals surface area contributed by atoms with Crippen LogP contribution in [0.2, 0.25) is 0 Å². The van der Waals surface area contributed by atoms with Gasteiger partial charge in [0.25, 0.3) is 0 Å². The van der Waals surface area contributed by atoms with Gasteiger partial charge in [0, 0.05) is 16.6 Å². The quantitative estimate of drug-likeness (QED) is 0.488. The molecule has 1 heterocycles. The topological polar surface area (TPSA) is 86.0 Å². The van der Waals surface area contributed by atoms with Crippen molar-refractivity contribution in [2.24, 2.45) is 11.3 Å². The fourth-order valence-electron chi connectivity index (χ4n) is 3.89. The normalized spacial score (nSPS) is 12.6. The summed E-state index contributed by atoms with van der Waals surface area (Å²) in [4.78, 5) is 16.7. The lowest BCUT2D eigenvalue weighted by atomic mass is 9.86. The monoisotopic (exact) mass is 429 g/mol. The standard InChI is InChI=1S/C27H31N3O2/c1-16(2)13-23-21(15-28)24(18-9-7-17(3)8-10-18)20-14-19(11-12-22(20)30-23)29-25(26(31)32)27(4,5)6/h7-12,14,16,25,29H,13H2,1-6H3,(H,31,32). The summed E-state index contributed by atoms with van der Waals surface area (Å²) in [6.07, 6.45) is 0.711. The number of nitrogens with one attached hydrogen (secondary N) is 1. The van der Waals surface area contributed by atoms with E-state index in [4.69, 9.17) is 4.98 Å². The van der Waals surface area contributed by atoms with Crippen LogP contribution in [0.4, 0.5) is 5.69 Å². The van der Waals surface area contributed by atoms with E-state index in [1.165, 1.54) is 0 Å². The lowest BCUT2D eigenvalue weighted by molar-refractivity contribution is -0.140. The number of fused-ring (bicyclic) bond motifs is 1. The molecule has 32 heavy (non-hydrogen) atoms. The number of anilines is 1. The van der Waals surface area contributed by atoms with Gasteiger partial charge in [-0.3, -0.25) is 4.98 Å². The molecule has 0 spiro atoms. The zero-order valence-corrected chi connectivity index (χ0v) is 19.7. The van der Waals surface area contributed by atoms with Crippen LogP contribution in [-0.4, -0.2) is 22.1 Å². The van der Waals surface area contributed by atoms with E-state index in [0.29, 0.717) is 23.6 Å². The smallest absolute Gasteiger partial charge is 0.326 e. The lowest BCUT2D eigenvalue weighted by Crippen LogP contribution is -2.41. The molecular weight excluding hydrogens is 398 g/mol. The van der Waals surface area contributed by atoms with Crippen LogP contribution in [0.3, 0.4) is 0 Å². The molecular formula is C27H31N3O2. The average molecular weight is 430 g/mol. The van der Waals surface area contributed by atoms with E-state index in [1.54, 1.807) is 0 Å². The number of rotatable bonds is 6. The van der Waals surface area contributed by atoms with E-state index in [1.807, 2.05) is 70.2 Å². The molecule has 1 unspecified atom stereocenters. The third-order valence-electron chi connectivity index (χ3n) is 5.54. The van der Waals surface area contributed by atoms with Crippen molar-refractivity contribution < 1.29 is 9.90 Å². The van der Waals surface area contributed by atoms with Gasteiger partial charge in [0.15, 0.2) is 0 Å². The summed E-state index contributed by atoms with van der Waals surface area (Å²) >= 11 is 0. The Morgan fingerprint density at radius 2 is 1.81 bits per heavy atom. The minimum atomic E-state index is -0.903. The van der Waals surface area contributed by atoms with Gasteiger partial charge in [-0.15, -0.1) is 0 Å². The highest BCUT2D eigenvalue weighted by Gasteiger charge is 2.31. The maximum absolute atomic E-state index is 11.9. The fraction of sp³-hybridized carbons (Fsp3) is 0.370. The molecule has 5 nitrogen and oxygen atoms in total. The van der Waals surface area contributed by atoms with Gasteiger partial charge < -0.3 is 10.4 Å². The van der Waals surface area contributed by atoms with Crippen LogP contribution in [0.1, 0.15) is 51.4 Å². The van der Waals surface area contributed by atoms with Gasteiger partial charge in [0.05, 0.1) is 16.8 Å². The number of aromatic nitrogens is 1. The number of carboxylic acid groups (broad SMARTS) is 1. The van der Waals surface area contributed by atoms with Gasteiger partial charge in [0.2, 0.25) is 0 Å². The van der Waals surface area contributed by atoms with Gasteiger partial charge >= 0.3 is 5.97 Å². The maximum atomic E-state index is 11.9. The lowest BCUT2D eigenvalue weighted by Gasteiger charge is -2.28. The van der Waals surface area contributed by atoms with Crippen molar-refractivity contribution in [3.05, 3.63) is 59.3 Å². The molecule has 0 aliphatic rings. The van der Waals surface area contributed by atoms with Crippen LogP contribution in [0.5, 0.6) is 0 Å². The molecule has 0 radical (unpaired) electrons. The molecule has 0 saturated heterocycles. The Morgan fingerprint density at radius 3 is 2.34 bits per heavy atom. The first kappa shape index (κ1) is 23.3. The second kappa shape index (κ2) is 9.00. The van der Waals surface area contributed by atoms with Crippen molar-refractivity contribution in [3.8, 4) is 17.2 Å². The largest absolute Gasteiger partial charge is 0.480 e. The predicted octanol–water partition coefficient (Wildman–Crippen LogP) is 6.19. The summed E-state index contributed by atoms with van der Waals surface area (Å²) in [6, 6.07) is 15.4. The number of hydrogen-bond acceptors (Lipinski definition) is 4. The van der Waals surface area contributed by atoms with Gasteiger partial charge in [-0.1, -0.05) is 64.4 Å². The fourth-order valence-corrected chi connectivity index (χ4v) is 3.89. The van der Waals surface area contributed by atoms with Crippen LogP contribution in [0, 0.1) is 29.6 Å². The minimum absolute atomic E-state index is 0.363. The second-order valence-corrected chi connectivity index (χ2v) is 9.90. The number of aryl methyl sites for hydroxylation is 1. The van der Waals surface area contributed by atoms with E-state index in [0.717, 1.165) is 33.3 Å². The van der Waals surface area contributed by atoms with Crippen LogP contribution in [0.15, 0.2) is 42.5 Å². The van der Waals surface area contributed by atoms with Gasteiger partial charge in [-0.25, -0.2) is 4.79 Å². The molecule has 0 aliphatic heterocycles. The van der Waals surface area contributed by atoms with E-state index in [2.05, 4.69) is 25.2 Å². The SMILES string of the molecule is Cc1ccc(-c2c(C#N)c(CC(C)C)nc3ccc(NC(C(=O)O)C(C)(C)C)cc23)cc1. The van der Waals surface area contributed by atoms with Crippen molar-refractivity contribution >= 4 is 22.6 Å². The number of nitriles is 1. The number of benzene rings is 2. The predicted molar refractivity (Wildman–Crippen MR) is 130 cm³/mol. The van der Waals surface area contributed by atoms with E-state index >= 15 is 0 Å². The zero-order valence-electron chi connectivity index (χ0n) is 19.7. The number of carbonyl (C=O) groups is 1. The first-order valence-corrected chi connectivity index (χ1v) is 10.9. The summed E-state index contributed by atoms with van der Waals surface area (Å²) in [5, 5.41) is 23.8. The van der Waals surface area contributed by atoms with Crippen LogP contribution < -0.4 is 5.32 Å². The Bertz CT molecular complexity index is 1180. The molecule has 0 bridgehead atoms. The third kappa shape index (κ3) is 4.91. The number of aliphatic carboxylic acids is 1. The summed E-state index contributed by atoms with van der Waals surface area (Å²) in [5.74, 6) is -0.540. The summed E-state index contributed by atoms with van der Waals surface area (Å²) in [5.41, 5.74) is 5.33. The number of pyridine rings is 1. The maximum Gasteiger partial charge on any atom is 0.326 e. The summed E-state index contributed by atoms with van der Waals surface area (Å²) in [6.45, 7) is 11.9. The first-order valence-electron chi connectivity index (χ1n) is 10.9. The summed E-state index contributed by atoms with van der Waals surface area (Å²) in [7, 11) is 0. The third-order valence-corrected chi connectivity index (χ3v) is 5.54. The molecule has 3 rings (SSSR count). The summed E-state index contributed by atoms with van der Waals surface area (Å²) < 4.78 is 0. The molecule has 2 N–H and O–H groups in total. The molecule has 5 heteroatoms. The minimum Gasteiger partial charge on any atom is -0.480 e. The molecule has 2 aromatic carbocycles. The molecule has 0 amide bonds. The molecule has 1 atom stereocenters. The molecule has 166 valence electrons. The van der Waals surface area contributed by atoms with Gasteiger partial charge in [-0.2, -0.15) is 5.26 Å². The van der Waals surface area contributed by atoms with Crippen LogP contribution >= 0.6 is 0 Å². The second-order valence-electron chi connectivity index (χ2n) is 9.90. The first-order chi connectivity index (χ1) is 15.0. The van der Waals surface area contributed by atoms with E-state index < -0.39 is 17.4 Å². The molecule has 1 aromatic heterocycles. The average Bonchev–Trinajstić information content (AvgIpc) is 2.70. The van der Waals surface area contributed by atoms with E-state index in [-0.39, 0.29) is 0 Å². The Hall–Kier alpha value is -3.39. The zero-order chi connectivity index (χ0) is 23.6. The van der Waals surface area contributed by atoms with Gasteiger partial charge in [-0.05, 0) is 48.4 Å². The molecule has 0 aliphatic carbocycles. The molecule has 0 fully saturated rings. The molecule has 3 aromatic rings. The van der Waals surface area contributed by atoms with Crippen LogP contribution in [-0.2, 0) is 11.2 Å². The highest BCUT2D eigenvalue weighted by atomic mass is 16.4. The van der Waals surface area contributed by atoms with Crippen molar-refractivity contribution in [1.82, 2.24) is 4.98 Å². The highest BCUT2D eigenvalue weighted by Crippen LogP contribution is 2.36. The van der Waals surface area contributed by atoms with Crippen molar-refractivity contribution in [2.45, 2.75) is 54.0 Å². The van der Waals surface area contributed by atoms with E-state index in [9.17, 15) is 15.2 Å². The highest BCUT2D eigenvalue weighted by molar-refractivity contribution is 5.99. The van der Waals surface area contributed by atoms with Gasteiger partial charge in [0.1, 0.15) is 12.1 Å². The molecule has 0 saturated carbocycles. The number of carboxylic acids is 1. The van der Waals surface area contributed by atoms with Crippen molar-refractivity contribution in [2.75, 3.05) is 5.32 Å². The number of hydrogen-bond donors (Lipinski definition) is 2. The Labute approximate surface area is 190 Å². The number of nitrogens with zero attached hydrogens (tertiary/aromatic N) is 2. The Morgan fingerprint density at radius 1 is 1.16 bits per heavy atom. The van der Waals surface area contributed by atoms with Crippen molar-refractivity contribution in [1.29, 1.82) is 5.26 Å². The van der Waals surface area contributed by atoms with Crippen LogP contribution in [0.25, 0.3) is 22.0 Å². The Balaban J connectivity index is 2.27. The van der Waals surface area contributed by atoms with Crippen molar-refractivity contribution in [3.63, 3.8) is 0 Å². The Kier molecular flexibility index (Phi) is 6.55.